The van der Waals surface area contributed by atoms with Gasteiger partial charge >= 0.3 is 0 Å². The molecule has 0 radical (unpaired) electrons. The van der Waals surface area contributed by atoms with Gasteiger partial charge < -0.3 is 0 Å². The van der Waals surface area contributed by atoms with Crippen molar-refractivity contribution in [1.82, 2.24) is 14.4 Å². The van der Waals surface area contributed by atoms with Crippen molar-refractivity contribution in [1.29, 1.82) is 0 Å². The summed E-state index contributed by atoms with van der Waals surface area (Å²) < 4.78 is 17.7. The molecular weight excluding hydrogens is 257 g/mol. The molecule has 19 heavy (non-hydrogen) atoms. The Kier molecular flexibility index (Phi) is 5.47. The molecule has 0 aliphatic carbocycles. The molecular formula is C14H30N3OP. The summed E-state index contributed by atoms with van der Waals surface area (Å²) in [5.74, 6) is 0. The van der Waals surface area contributed by atoms with Crippen LogP contribution in [0.5, 0.6) is 0 Å². The minimum atomic E-state index is -2.42. The van der Waals surface area contributed by atoms with Crippen molar-refractivity contribution in [2.75, 3.05) is 19.6 Å². The molecule has 112 valence electrons. The molecule has 1 N–H and O–H groups in total. The highest BCUT2D eigenvalue weighted by atomic mass is 31.2. The predicted octanol–water partition coefficient (Wildman–Crippen LogP) is 3.45. The average molecular weight is 287 g/mol. The lowest BCUT2D eigenvalue weighted by Crippen LogP contribution is -2.24. The summed E-state index contributed by atoms with van der Waals surface area (Å²) >= 11 is 0. The summed E-state index contributed by atoms with van der Waals surface area (Å²) in [7, 11) is -2.42. The van der Waals surface area contributed by atoms with Crippen LogP contribution in [-0.2, 0) is 4.57 Å². The van der Waals surface area contributed by atoms with E-state index >= 15 is 0 Å². The van der Waals surface area contributed by atoms with Crippen LogP contribution in [0.25, 0.3) is 0 Å². The van der Waals surface area contributed by atoms with Crippen molar-refractivity contribution >= 4 is 7.59 Å². The molecule has 0 spiro atoms. The summed E-state index contributed by atoms with van der Waals surface area (Å²) in [6, 6.07) is 1.10. The summed E-state index contributed by atoms with van der Waals surface area (Å²) in [6.45, 7) is 9.54. The van der Waals surface area contributed by atoms with Gasteiger partial charge in [-0.05, 0) is 19.3 Å². The topological polar surface area (TPSA) is 35.1 Å². The molecule has 0 aromatic carbocycles. The summed E-state index contributed by atoms with van der Waals surface area (Å²) in [5.41, 5.74) is 0. The van der Waals surface area contributed by atoms with Gasteiger partial charge in [0, 0.05) is 31.7 Å². The molecule has 2 rings (SSSR count). The first-order chi connectivity index (χ1) is 9.17. The highest BCUT2D eigenvalue weighted by Gasteiger charge is 2.56. The van der Waals surface area contributed by atoms with Gasteiger partial charge in [-0.3, -0.25) is 4.57 Å². The zero-order valence-corrected chi connectivity index (χ0v) is 13.7. The van der Waals surface area contributed by atoms with E-state index in [2.05, 4.69) is 35.2 Å². The van der Waals surface area contributed by atoms with Crippen molar-refractivity contribution in [3.05, 3.63) is 0 Å². The minimum Gasteiger partial charge on any atom is -0.270 e. The maximum absolute atomic E-state index is 13.2. The third-order valence-electron chi connectivity index (χ3n) is 4.36. The second-order valence-corrected chi connectivity index (χ2v) is 8.31. The molecule has 2 heterocycles. The monoisotopic (exact) mass is 287 g/mol. The van der Waals surface area contributed by atoms with Gasteiger partial charge in [-0.1, -0.05) is 40.0 Å². The van der Waals surface area contributed by atoms with Gasteiger partial charge in [-0.15, -0.1) is 0 Å². The number of hydrogen-bond donors (Lipinski definition) is 1. The number of nitrogens with one attached hydrogen (secondary N) is 1. The van der Waals surface area contributed by atoms with Crippen molar-refractivity contribution in [2.45, 2.75) is 71.4 Å². The number of nitrogens with zero attached hydrogens (tertiary/aromatic N) is 2. The maximum Gasteiger partial charge on any atom is 0.284 e. The van der Waals surface area contributed by atoms with Crippen molar-refractivity contribution in [3.8, 4) is 0 Å². The van der Waals surface area contributed by atoms with E-state index in [1.165, 1.54) is 19.3 Å². The Labute approximate surface area is 118 Å². The van der Waals surface area contributed by atoms with Crippen LogP contribution in [-0.4, -0.2) is 41.1 Å². The Hall–Kier alpha value is 0.110. The van der Waals surface area contributed by atoms with Crippen LogP contribution < -0.4 is 5.09 Å². The lowest BCUT2D eigenvalue weighted by atomic mass is 10.2. The molecule has 0 bridgehead atoms. The normalized spacial score (nSPS) is 35.9. The molecule has 4 nitrogen and oxygen atoms in total. The van der Waals surface area contributed by atoms with Crippen LogP contribution in [0.4, 0.5) is 0 Å². The van der Waals surface area contributed by atoms with E-state index < -0.39 is 7.59 Å². The largest absolute Gasteiger partial charge is 0.284 e. The fourth-order valence-electron chi connectivity index (χ4n) is 2.79. The maximum atomic E-state index is 13.2. The zero-order chi connectivity index (χ0) is 13.9. The first-order valence-corrected chi connectivity index (χ1v) is 9.68. The van der Waals surface area contributed by atoms with Gasteiger partial charge in [0.2, 0.25) is 0 Å². The van der Waals surface area contributed by atoms with Crippen LogP contribution in [0, 0.1) is 0 Å². The number of unbranched alkanes of at least 4 members (excludes halogenated alkanes) is 3. The molecule has 5 heteroatoms. The number of rotatable bonds is 10. The van der Waals surface area contributed by atoms with Crippen LogP contribution in [0.3, 0.4) is 0 Å². The molecule has 2 aliphatic rings. The molecule has 3 unspecified atom stereocenters. The van der Waals surface area contributed by atoms with E-state index in [1.54, 1.807) is 0 Å². The molecule has 2 fully saturated rings. The molecule has 0 aromatic heterocycles. The van der Waals surface area contributed by atoms with E-state index in [0.29, 0.717) is 12.1 Å². The van der Waals surface area contributed by atoms with Crippen molar-refractivity contribution < 1.29 is 4.57 Å². The Morgan fingerprint density at radius 2 is 1.58 bits per heavy atom. The van der Waals surface area contributed by atoms with Crippen LogP contribution in [0.2, 0.25) is 0 Å². The predicted molar refractivity (Wildman–Crippen MR) is 81.3 cm³/mol. The lowest BCUT2D eigenvalue weighted by molar-refractivity contribution is 0.479. The second-order valence-electron chi connectivity index (χ2n) is 5.88. The van der Waals surface area contributed by atoms with Crippen molar-refractivity contribution in [3.63, 3.8) is 0 Å². The third kappa shape index (κ3) is 3.60. The van der Waals surface area contributed by atoms with Crippen LogP contribution in [0.1, 0.15) is 59.3 Å². The first-order valence-electron chi connectivity index (χ1n) is 8.06. The van der Waals surface area contributed by atoms with Crippen LogP contribution in [0.15, 0.2) is 0 Å². The summed E-state index contributed by atoms with van der Waals surface area (Å²) in [6.07, 6.45) is 7.17. The molecule has 0 saturated carbocycles. The minimum absolute atomic E-state index is 0.548. The Bertz CT molecular complexity index is 315. The fraction of sp³-hybridized carbons (Fsp3) is 1.00. The van der Waals surface area contributed by atoms with Gasteiger partial charge in [0.25, 0.3) is 7.59 Å². The SMILES string of the molecule is CCCCCCNP(=O)(N1C[C@H]1CC)N1C[C@@H]1CC. The van der Waals surface area contributed by atoms with Gasteiger partial charge in [0.1, 0.15) is 0 Å². The highest BCUT2D eigenvalue weighted by molar-refractivity contribution is 7.57. The van der Waals surface area contributed by atoms with Gasteiger partial charge in [0.15, 0.2) is 0 Å². The average Bonchev–Trinajstić information content (AvgIpc) is 3.29. The second kappa shape index (κ2) is 6.71. The number of hydrogen-bond acceptors (Lipinski definition) is 1. The zero-order valence-electron chi connectivity index (χ0n) is 12.8. The Morgan fingerprint density at radius 3 is 2.00 bits per heavy atom. The standard InChI is InChI=1S/C14H30N3OP/c1-4-7-8-9-10-15-19(18,16-11-13(16)5-2)17-12-14(17)6-3/h13-14H,4-12H2,1-3H3,(H,15,18)/t13-,14+,16?,17?,19?. The highest BCUT2D eigenvalue weighted by Crippen LogP contribution is 2.62. The van der Waals surface area contributed by atoms with E-state index in [1.807, 2.05) is 0 Å². The van der Waals surface area contributed by atoms with Crippen LogP contribution >= 0.6 is 7.59 Å². The van der Waals surface area contributed by atoms with E-state index in [9.17, 15) is 4.57 Å². The quantitative estimate of drug-likeness (QED) is 0.379. The molecule has 0 aromatic rings. The van der Waals surface area contributed by atoms with Crippen molar-refractivity contribution in [2.24, 2.45) is 0 Å². The first kappa shape index (κ1) is 15.5. The molecule has 2 aliphatic heterocycles. The smallest absolute Gasteiger partial charge is 0.270 e. The van der Waals surface area contributed by atoms with Gasteiger partial charge in [0.05, 0.1) is 0 Å². The molecule has 0 amide bonds. The fourth-order valence-corrected chi connectivity index (χ4v) is 5.93. The van der Waals surface area contributed by atoms with Gasteiger partial charge in [-0.2, -0.15) is 0 Å². The molecule has 2 saturated heterocycles. The third-order valence-corrected chi connectivity index (χ3v) is 7.37. The van der Waals surface area contributed by atoms with E-state index in [-0.39, 0.29) is 0 Å². The summed E-state index contributed by atoms with van der Waals surface area (Å²) in [5, 5.41) is 3.41. The lowest BCUT2D eigenvalue weighted by Gasteiger charge is -2.23. The van der Waals surface area contributed by atoms with Gasteiger partial charge in [-0.25, -0.2) is 14.4 Å². The van der Waals surface area contributed by atoms with E-state index in [4.69, 9.17) is 0 Å². The Balaban J connectivity index is 1.83. The van der Waals surface area contributed by atoms with E-state index in [0.717, 1.165) is 38.9 Å². The molecule has 5 atom stereocenters. The summed E-state index contributed by atoms with van der Waals surface area (Å²) in [4.78, 5) is 0. The Morgan fingerprint density at radius 1 is 1.00 bits per heavy atom.